The first kappa shape index (κ1) is 14.5. The Morgan fingerprint density at radius 3 is 2.64 bits per heavy atom. The Bertz CT molecular complexity index is 931. The predicted octanol–water partition coefficient (Wildman–Crippen LogP) is 3.75. The van der Waals surface area contributed by atoms with Crippen LogP contribution in [0.5, 0.6) is 11.5 Å². The molecule has 0 fully saturated rings. The van der Waals surface area contributed by atoms with Crippen LogP contribution in [0.3, 0.4) is 0 Å². The van der Waals surface area contributed by atoms with Crippen LogP contribution in [0.1, 0.15) is 6.92 Å². The number of fused-ring (bicyclic) bond motifs is 1. The number of hydrogen-bond donors (Lipinski definition) is 2. The largest absolute Gasteiger partial charge is 0.508 e. The fraction of sp³-hybridized carbons (Fsp3) is 0.118. The van der Waals surface area contributed by atoms with Crippen LogP contribution < -0.4 is 5.43 Å². The zero-order valence-corrected chi connectivity index (χ0v) is 12.6. The summed E-state index contributed by atoms with van der Waals surface area (Å²) in [7, 11) is 0. The molecule has 1 heterocycles. The highest BCUT2D eigenvalue weighted by atomic mass is 35.5. The number of rotatable bonds is 2. The van der Waals surface area contributed by atoms with Gasteiger partial charge in [0.2, 0.25) is 5.43 Å². The molecule has 0 radical (unpaired) electrons. The normalized spacial score (nSPS) is 11.0. The van der Waals surface area contributed by atoms with Gasteiger partial charge in [-0.25, -0.2) is 0 Å². The minimum absolute atomic E-state index is 0.0814. The molecule has 2 N–H and O–H groups in total. The molecule has 0 unspecified atom stereocenters. The summed E-state index contributed by atoms with van der Waals surface area (Å²) in [4.78, 5) is 12.7. The number of halogens is 1. The molecule has 3 rings (SSSR count). The topological polar surface area (TPSA) is 62.5 Å². The number of benzene rings is 2. The molecule has 22 heavy (non-hydrogen) atoms. The second kappa shape index (κ2) is 5.39. The lowest BCUT2D eigenvalue weighted by Gasteiger charge is -2.13. The van der Waals surface area contributed by atoms with Crippen LogP contribution >= 0.6 is 11.6 Å². The van der Waals surface area contributed by atoms with Crippen LogP contribution in [0.2, 0.25) is 5.02 Å². The molecule has 5 heteroatoms. The highest BCUT2D eigenvalue weighted by Crippen LogP contribution is 2.30. The van der Waals surface area contributed by atoms with Crippen LogP contribution in [-0.2, 0) is 6.54 Å². The van der Waals surface area contributed by atoms with Gasteiger partial charge in [0.25, 0.3) is 0 Å². The zero-order chi connectivity index (χ0) is 15.9. The van der Waals surface area contributed by atoms with Gasteiger partial charge in [-0.15, -0.1) is 0 Å². The Morgan fingerprint density at radius 2 is 1.95 bits per heavy atom. The summed E-state index contributed by atoms with van der Waals surface area (Å²) in [6, 6.07) is 9.66. The van der Waals surface area contributed by atoms with Gasteiger partial charge in [-0.2, -0.15) is 0 Å². The molecule has 4 nitrogen and oxygen atoms in total. The van der Waals surface area contributed by atoms with Crippen molar-refractivity contribution in [3.63, 3.8) is 0 Å². The van der Waals surface area contributed by atoms with Gasteiger partial charge >= 0.3 is 0 Å². The Labute approximate surface area is 131 Å². The first-order valence-electron chi connectivity index (χ1n) is 6.86. The summed E-state index contributed by atoms with van der Waals surface area (Å²) >= 11 is 6.00. The fourth-order valence-electron chi connectivity index (χ4n) is 2.60. The monoisotopic (exact) mass is 315 g/mol. The van der Waals surface area contributed by atoms with Crippen molar-refractivity contribution in [2.45, 2.75) is 13.5 Å². The quantitative estimate of drug-likeness (QED) is 0.757. The van der Waals surface area contributed by atoms with Crippen molar-refractivity contribution in [2.24, 2.45) is 0 Å². The molecule has 0 aliphatic rings. The van der Waals surface area contributed by atoms with E-state index in [9.17, 15) is 15.0 Å². The summed E-state index contributed by atoms with van der Waals surface area (Å²) in [6.45, 7) is 2.51. The first-order chi connectivity index (χ1) is 10.5. The van der Waals surface area contributed by atoms with Gasteiger partial charge in [0, 0.05) is 35.5 Å². The molecular weight excluding hydrogens is 302 g/mol. The Kier molecular flexibility index (Phi) is 3.54. The highest BCUT2D eigenvalue weighted by molar-refractivity contribution is 6.30. The van der Waals surface area contributed by atoms with E-state index in [1.54, 1.807) is 30.5 Å². The molecule has 0 saturated heterocycles. The number of hydrogen-bond acceptors (Lipinski definition) is 3. The van der Waals surface area contributed by atoms with E-state index in [-0.39, 0.29) is 22.3 Å². The number of nitrogens with zero attached hydrogens (tertiary/aromatic N) is 1. The fourth-order valence-corrected chi connectivity index (χ4v) is 2.79. The standard InChI is InChI=1S/C17H14ClNO3/c1-2-19-9-13(10-4-3-5-11(18)6-10)17(22)16-14(19)7-12(20)8-15(16)21/h3-9,20-21H,2H2,1H3. The molecule has 112 valence electrons. The molecule has 0 spiro atoms. The number of aryl methyl sites for hydroxylation is 1. The van der Waals surface area contributed by atoms with E-state index in [2.05, 4.69) is 0 Å². The van der Waals surface area contributed by atoms with Crippen molar-refractivity contribution in [1.29, 1.82) is 0 Å². The van der Waals surface area contributed by atoms with E-state index in [0.29, 0.717) is 28.2 Å². The molecule has 0 aliphatic heterocycles. The van der Waals surface area contributed by atoms with E-state index < -0.39 is 0 Å². The van der Waals surface area contributed by atoms with Crippen molar-refractivity contribution < 1.29 is 10.2 Å². The molecule has 0 atom stereocenters. The lowest BCUT2D eigenvalue weighted by atomic mass is 10.0. The number of aromatic nitrogens is 1. The van der Waals surface area contributed by atoms with Crippen molar-refractivity contribution >= 4 is 22.5 Å². The zero-order valence-electron chi connectivity index (χ0n) is 11.9. The Hall–Kier alpha value is -2.46. The lowest BCUT2D eigenvalue weighted by Crippen LogP contribution is -2.11. The van der Waals surface area contributed by atoms with E-state index >= 15 is 0 Å². The predicted molar refractivity (Wildman–Crippen MR) is 87.7 cm³/mol. The summed E-state index contributed by atoms with van der Waals surface area (Å²) in [6.07, 6.45) is 1.72. The number of phenols is 2. The average molecular weight is 316 g/mol. The molecule has 1 aromatic heterocycles. The van der Waals surface area contributed by atoms with Gasteiger partial charge in [0.1, 0.15) is 11.5 Å². The average Bonchev–Trinajstić information content (AvgIpc) is 2.47. The second-order valence-electron chi connectivity index (χ2n) is 5.03. The summed E-state index contributed by atoms with van der Waals surface area (Å²) in [5.74, 6) is -0.312. The number of pyridine rings is 1. The lowest BCUT2D eigenvalue weighted by molar-refractivity contribution is 0.454. The van der Waals surface area contributed by atoms with E-state index in [0.717, 1.165) is 0 Å². The van der Waals surface area contributed by atoms with Crippen molar-refractivity contribution in [3.05, 3.63) is 57.8 Å². The van der Waals surface area contributed by atoms with Gasteiger partial charge in [-0.3, -0.25) is 4.79 Å². The smallest absolute Gasteiger partial charge is 0.200 e. The van der Waals surface area contributed by atoms with E-state index in [4.69, 9.17) is 11.6 Å². The van der Waals surface area contributed by atoms with Gasteiger partial charge in [0.15, 0.2) is 0 Å². The third-order valence-electron chi connectivity index (χ3n) is 3.62. The third kappa shape index (κ3) is 2.31. The van der Waals surface area contributed by atoms with Crippen molar-refractivity contribution in [2.75, 3.05) is 0 Å². The summed E-state index contributed by atoms with van der Waals surface area (Å²) in [5, 5.41) is 20.5. The maximum atomic E-state index is 12.7. The molecule has 0 aliphatic carbocycles. The third-order valence-corrected chi connectivity index (χ3v) is 3.86. The van der Waals surface area contributed by atoms with Gasteiger partial charge in [0.05, 0.1) is 10.9 Å². The minimum Gasteiger partial charge on any atom is -0.508 e. The highest BCUT2D eigenvalue weighted by Gasteiger charge is 2.15. The summed E-state index contributed by atoms with van der Waals surface area (Å²) in [5.41, 5.74) is 1.35. The SMILES string of the molecule is CCn1cc(-c2cccc(Cl)c2)c(=O)c2c(O)cc(O)cc21. The maximum Gasteiger partial charge on any atom is 0.200 e. The van der Waals surface area contributed by atoms with Crippen molar-refractivity contribution in [1.82, 2.24) is 4.57 Å². The second-order valence-corrected chi connectivity index (χ2v) is 5.46. The summed E-state index contributed by atoms with van der Waals surface area (Å²) < 4.78 is 1.81. The number of aromatic hydroxyl groups is 2. The molecule has 2 aromatic carbocycles. The number of phenolic OH excluding ortho intramolecular Hbond substituents is 2. The minimum atomic E-state index is -0.292. The first-order valence-corrected chi connectivity index (χ1v) is 7.24. The van der Waals surface area contributed by atoms with Crippen LogP contribution in [0.15, 0.2) is 47.4 Å². The van der Waals surface area contributed by atoms with Crippen LogP contribution in [0, 0.1) is 0 Å². The molecular formula is C17H14ClNO3. The maximum absolute atomic E-state index is 12.7. The molecule has 0 saturated carbocycles. The van der Waals surface area contributed by atoms with Crippen LogP contribution in [0.25, 0.3) is 22.0 Å². The molecule has 0 bridgehead atoms. The van der Waals surface area contributed by atoms with E-state index in [1.165, 1.54) is 12.1 Å². The van der Waals surface area contributed by atoms with Gasteiger partial charge in [-0.1, -0.05) is 23.7 Å². The Morgan fingerprint density at radius 1 is 1.18 bits per heavy atom. The van der Waals surface area contributed by atoms with E-state index in [1.807, 2.05) is 11.5 Å². The van der Waals surface area contributed by atoms with Crippen LogP contribution in [0.4, 0.5) is 0 Å². The Balaban J connectivity index is 2.43. The van der Waals surface area contributed by atoms with Gasteiger partial charge < -0.3 is 14.8 Å². The molecule has 3 aromatic rings. The van der Waals surface area contributed by atoms with Crippen LogP contribution in [-0.4, -0.2) is 14.8 Å². The molecule has 0 amide bonds. The van der Waals surface area contributed by atoms with Crippen molar-refractivity contribution in [3.8, 4) is 22.6 Å². The van der Waals surface area contributed by atoms with Gasteiger partial charge in [-0.05, 0) is 24.6 Å².